The zero-order valence-electron chi connectivity index (χ0n) is 12.7. The molecule has 0 spiro atoms. The first kappa shape index (κ1) is 15.0. The average molecular weight is 239 g/mol. The molecule has 0 radical (unpaired) electrons. The molecule has 2 N–H and O–H groups in total. The summed E-state index contributed by atoms with van der Waals surface area (Å²) in [7, 11) is 0. The maximum atomic E-state index is 6.55. The van der Waals surface area contributed by atoms with Crippen LogP contribution in [-0.2, 0) is 0 Å². The Hall–Kier alpha value is -0.0400. The third-order valence-corrected chi connectivity index (χ3v) is 4.66. The largest absolute Gasteiger partial charge is 0.325 e. The summed E-state index contributed by atoms with van der Waals surface area (Å²) >= 11 is 0. The molecule has 1 nitrogen and oxygen atoms in total. The molecule has 0 atom stereocenters. The van der Waals surface area contributed by atoms with Gasteiger partial charge >= 0.3 is 0 Å². The molecular weight excluding hydrogens is 206 g/mol. The van der Waals surface area contributed by atoms with Crippen LogP contribution in [0.2, 0.25) is 0 Å². The van der Waals surface area contributed by atoms with Gasteiger partial charge in [-0.2, -0.15) is 0 Å². The molecule has 0 aromatic heterocycles. The normalized spacial score (nSPS) is 30.9. The molecule has 0 aliphatic heterocycles. The van der Waals surface area contributed by atoms with E-state index in [-0.39, 0.29) is 5.54 Å². The first-order valence-electron chi connectivity index (χ1n) is 7.52. The Labute approximate surface area is 109 Å². The standard InChI is InChI=1S/C16H33N/c1-13(2)7-6-10-16(17)11-8-14(9-12-16)15(3,4)5/h13-14H,6-12,17H2,1-5H3. The second kappa shape index (κ2) is 5.73. The van der Waals surface area contributed by atoms with Gasteiger partial charge in [-0.05, 0) is 49.4 Å². The Morgan fingerprint density at radius 2 is 1.71 bits per heavy atom. The molecule has 0 heterocycles. The van der Waals surface area contributed by atoms with Crippen molar-refractivity contribution in [3.8, 4) is 0 Å². The van der Waals surface area contributed by atoms with E-state index in [1.165, 1.54) is 44.9 Å². The minimum absolute atomic E-state index is 0.163. The zero-order chi connectivity index (χ0) is 13.1. The summed E-state index contributed by atoms with van der Waals surface area (Å²) in [4.78, 5) is 0. The Bertz CT molecular complexity index is 216. The fourth-order valence-electron chi connectivity index (χ4n) is 3.17. The Morgan fingerprint density at radius 3 is 2.12 bits per heavy atom. The summed E-state index contributed by atoms with van der Waals surface area (Å²) in [5, 5.41) is 0. The third-order valence-electron chi connectivity index (χ3n) is 4.66. The molecule has 17 heavy (non-hydrogen) atoms. The Kier molecular flexibility index (Phi) is 5.07. The van der Waals surface area contributed by atoms with Gasteiger partial charge in [0.1, 0.15) is 0 Å². The second-order valence-electron chi connectivity index (χ2n) is 7.79. The number of rotatable bonds is 4. The SMILES string of the molecule is CC(C)CCCC1(N)CCC(C(C)(C)C)CC1. The van der Waals surface area contributed by atoms with E-state index in [4.69, 9.17) is 5.73 Å². The Balaban J connectivity index is 2.34. The molecule has 1 aliphatic rings. The fourth-order valence-corrected chi connectivity index (χ4v) is 3.17. The number of nitrogens with two attached hydrogens (primary N) is 1. The van der Waals surface area contributed by atoms with E-state index in [1.807, 2.05) is 0 Å². The van der Waals surface area contributed by atoms with Gasteiger partial charge in [-0.3, -0.25) is 0 Å². The fraction of sp³-hybridized carbons (Fsp3) is 1.00. The quantitative estimate of drug-likeness (QED) is 0.753. The van der Waals surface area contributed by atoms with Crippen molar-refractivity contribution in [1.82, 2.24) is 0 Å². The van der Waals surface area contributed by atoms with Gasteiger partial charge < -0.3 is 5.73 Å². The molecule has 0 saturated heterocycles. The second-order valence-corrected chi connectivity index (χ2v) is 7.79. The Morgan fingerprint density at radius 1 is 1.18 bits per heavy atom. The molecule has 1 aliphatic carbocycles. The van der Waals surface area contributed by atoms with Crippen molar-refractivity contribution in [3.05, 3.63) is 0 Å². The number of hydrogen-bond donors (Lipinski definition) is 1. The van der Waals surface area contributed by atoms with Crippen molar-refractivity contribution in [2.45, 2.75) is 85.1 Å². The van der Waals surface area contributed by atoms with E-state index >= 15 is 0 Å². The highest BCUT2D eigenvalue weighted by Gasteiger charge is 2.35. The summed E-state index contributed by atoms with van der Waals surface area (Å²) in [5.41, 5.74) is 7.19. The molecule has 1 fully saturated rings. The van der Waals surface area contributed by atoms with Gasteiger partial charge in [-0.1, -0.05) is 47.5 Å². The van der Waals surface area contributed by atoms with Gasteiger partial charge in [0.15, 0.2) is 0 Å². The molecule has 0 unspecified atom stereocenters. The molecule has 0 aromatic carbocycles. The topological polar surface area (TPSA) is 26.0 Å². The lowest BCUT2D eigenvalue weighted by atomic mass is 9.66. The predicted molar refractivity (Wildman–Crippen MR) is 77.0 cm³/mol. The van der Waals surface area contributed by atoms with Crippen molar-refractivity contribution in [2.24, 2.45) is 23.0 Å². The molecule has 1 rings (SSSR count). The van der Waals surface area contributed by atoms with Gasteiger partial charge in [-0.15, -0.1) is 0 Å². The summed E-state index contributed by atoms with van der Waals surface area (Å²) in [6, 6.07) is 0. The van der Waals surface area contributed by atoms with Crippen LogP contribution in [0.3, 0.4) is 0 Å². The predicted octanol–water partition coefficient (Wildman–Crippen LogP) is 4.75. The molecule has 1 heteroatoms. The lowest BCUT2D eigenvalue weighted by molar-refractivity contribution is 0.128. The van der Waals surface area contributed by atoms with Crippen LogP contribution >= 0.6 is 0 Å². The van der Waals surface area contributed by atoms with E-state index in [9.17, 15) is 0 Å². The number of hydrogen-bond acceptors (Lipinski definition) is 1. The van der Waals surface area contributed by atoms with Crippen molar-refractivity contribution >= 4 is 0 Å². The maximum absolute atomic E-state index is 6.55. The van der Waals surface area contributed by atoms with Gasteiger partial charge in [-0.25, -0.2) is 0 Å². The van der Waals surface area contributed by atoms with Crippen LogP contribution < -0.4 is 5.73 Å². The van der Waals surface area contributed by atoms with Gasteiger partial charge in [0.2, 0.25) is 0 Å². The monoisotopic (exact) mass is 239 g/mol. The van der Waals surface area contributed by atoms with Crippen LogP contribution in [0.1, 0.15) is 79.6 Å². The third kappa shape index (κ3) is 4.99. The van der Waals surface area contributed by atoms with Gasteiger partial charge in [0, 0.05) is 5.54 Å². The maximum Gasteiger partial charge on any atom is 0.0154 e. The van der Waals surface area contributed by atoms with Gasteiger partial charge in [0.05, 0.1) is 0 Å². The lowest BCUT2D eigenvalue weighted by Gasteiger charge is -2.42. The highest BCUT2D eigenvalue weighted by molar-refractivity contribution is 4.92. The van der Waals surface area contributed by atoms with Crippen LogP contribution in [0, 0.1) is 17.3 Å². The van der Waals surface area contributed by atoms with E-state index in [1.54, 1.807) is 0 Å². The van der Waals surface area contributed by atoms with Crippen molar-refractivity contribution in [1.29, 1.82) is 0 Å². The molecule has 0 bridgehead atoms. The molecule has 102 valence electrons. The molecule has 1 saturated carbocycles. The van der Waals surface area contributed by atoms with E-state index < -0.39 is 0 Å². The highest BCUT2D eigenvalue weighted by Crippen LogP contribution is 2.42. The summed E-state index contributed by atoms with van der Waals surface area (Å²) in [6.07, 6.45) is 9.04. The summed E-state index contributed by atoms with van der Waals surface area (Å²) in [6.45, 7) is 11.7. The van der Waals surface area contributed by atoms with E-state index in [2.05, 4.69) is 34.6 Å². The van der Waals surface area contributed by atoms with Crippen molar-refractivity contribution in [3.63, 3.8) is 0 Å². The van der Waals surface area contributed by atoms with E-state index in [0.717, 1.165) is 11.8 Å². The van der Waals surface area contributed by atoms with E-state index in [0.29, 0.717) is 5.41 Å². The van der Waals surface area contributed by atoms with Crippen LogP contribution in [0.5, 0.6) is 0 Å². The first-order chi connectivity index (χ1) is 7.73. The first-order valence-corrected chi connectivity index (χ1v) is 7.52. The van der Waals surface area contributed by atoms with Crippen molar-refractivity contribution in [2.75, 3.05) is 0 Å². The smallest absolute Gasteiger partial charge is 0.0154 e. The minimum Gasteiger partial charge on any atom is -0.325 e. The minimum atomic E-state index is 0.163. The molecular formula is C16H33N. The zero-order valence-corrected chi connectivity index (χ0v) is 12.7. The van der Waals surface area contributed by atoms with Crippen molar-refractivity contribution < 1.29 is 0 Å². The molecule has 0 aromatic rings. The summed E-state index contributed by atoms with van der Waals surface area (Å²) in [5.74, 6) is 1.70. The van der Waals surface area contributed by atoms with Crippen LogP contribution in [0.15, 0.2) is 0 Å². The van der Waals surface area contributed by atoms with Crippen LogP contribution in [0.4, 0.5) is 0 Å². The highest BCUT2D eigenvalue weighted by atomic mass is 14.7. The lowest BCUT2D eigenvalue weighted by Crippen LogP contribution is -2.45. The van der Waals surface area contributed by atoms with Crippen LogP contribution in [0.25, 0.3) is 0 Å². The summed E-state index contributed by atoms with van der Waals surface area (Å²) < 4.78 is 0. The molecule has 0 amide bonds. The average Bonchev–Trinajstić information content (AvgIpc) is 2.15. The van der Waals surface area contributed by atoms with Gasteiger partial charge in [0.25, 0.3) is 0 Å². The van der Waals surface area contributed by atoms with Crippen LogP contribution in [-0.4, -0.2) is 5.54 Å².